The fraction of sp³-hybridized carbons (Fsp3) is 0.417. The van der Waals surface area contributed by atoms with Gasteiger partial charge in [0, 0.05) is 31.5 Å². The van der Waals surface area contributed by atoms with E-state index >= 15 is 0 Å². The Bertz CT molecular complexity index is 420. The van der Waals surface area contributed by atoms with Crippen LogP contribution in [-0.4, -0.2) is 45.6 Å². The molecule has 18 heavy (non-hydrogen) atoms. The minimum Gasteiger partial charge on any atom is -0.396 e. The zero-order valence-corrected chi connectivity index (χ0v) is 11.1. The summed E-state index contributed by atoms with van der Waals surface area (Å²) in [5.41, 5.74) is 6.46. The largest absolute Gasteiger partial charge is 0.396 e. The zero-order valence-electron chi connectivity index (χ0n) is 10.3. The van der Waals surface area contributed by atoms with E-state index in [0.29, 0.717) is 30.8 Å². The molecule has 1 aromatic rings. The number of carbonyl (C=O) groups is 1. The lowest BCUT2D eigenvalue weighted by atomic mass is 10.2. The van der Waals surface area contributed by atoms with Crippen LogP contribution < -0.4 is 5.73 Å². The van der Waals surface area contributed by atoms with Gasteiger partial charge in [0.25, 0.3) is 5.91 Å². The number of hydrogen-bond donors (Lipinski definition) is 2. The van der Waals surface area contributed by atoms with Gasteiger partial charge < -0.3 is 15.7 Å². The van der Waals surface area contributed by atoms with E-state index in [1.54, 1.807) is 17.0 Å². The van der Waals surface area contributed by atoms with Gasteiger partial charge in [0.2, 0.25) is 0 Å². The first-order valence-electron chi connectivity index (χ1n) is 5.76. The molecule has 0 spiro atoms. The highest BCUT2D eigenvalue weighted by molar-refractivity contribution is 7.80. The quantitative estimate of drug-likeness (QED) is 0.736. The van der Waals surface area contributed by atoms with E-state index in [1.165, 1.54) is 6.20 Å². The van der Waals surface area contributed by atoms with Crippen LogP contribution >= 0.6 is 12.2 Å². The molecule has 0 radical (unpaired) electrons. The summed E-state index contributed by atoms with van der Waals surface area (Å²) in [4.78, 5) is 18.0. The van der Waals surface area contributed by atoms with Crippen LogP contribution in [-0.2, 0) is 0 Å². The maximum Gasteiger partial charge on any atom is 0.272 e. The predicted molar refractivity (Wildman–Crippen MR) is 73.4 cm³/mol. The summed E-state index contributed by atoms with van der Waals surface area (Å²) < 4.78 is 0. The number of nitrogens with zero attached hydrogens (tertiary/aromatic N) is 2. The van der Waals surface area contributed by atoms with Crippen LogP contribution in [0.3, 0.4) is 0 Å². The molecule has 1 aromatic heterocycles. The highest BCUT2D eigenvalue weighted by Crippen LogP contribution is 2.05. The Morgan fingerprint density at radius 3 is 2.72 bits per heavy atom. The molecule has 98 valence electrons. The van der Waals surface area contributed by atoms with E-state index in [-0.39, 0.29) is 17.5 Å². The van der Waals surface area contributed by atoms with Gasteiger partial charge in [-0.3, -0.25) is 9.78 Å². The second-order valence-electron chi connectivity index (χ2n) is 3.76. The summed E-state index contributed by atoms with van der Waals surface area (Å²) in [6.07, 6.45) is 2.06. The van der Waals surface area contributed by atoms with Crippen LogP contribution in [0.25, 0.3) is 0 Å². The normalized spacial score (nSPS) is 10.1. The lowest BCUT2D eigenvalue weighted by molar-refractivity contribution is 0.0748. The Morgan fingerprint density at radius 1 is 1.56 bits per heavy atom. The number of carbonyl (C=O) groups excluding carboxylic acids is 1. The number of aliphatic hydroxyl groups excluding tert-OH is 1. The molecule has 1 heterocycles. The lowest BCUT2D eigenvalue weighted by Crippen LogP contribution is -2.32. The highest BCUT2D eigenvalue weighted by Gasteiger charge is 2.14. The Kier molecular flexibility index (Phi) is 5.67. The van der Waals surface area contributed by atoms with Gasteiger partial charge in [-0.2, -0.15) is 0 Å². The molecule has 6 heteroatoms. The highest BCUT2D eigenvalue weighted by atomic mass is 32.1. The molecule has 1 amide bonds. The predicted octanol–water partition coefficient (Wildman–Crippen LogP) is 0.560. The molecule has 0 atom stereocenters. The molecule has 0 unspecified atom stereocenters. The van der Waals surface area contributed by atoms with Crippen LogP contribution in [0.15, 0.2) is 18.3 Å². The van der Waals surface area contributed by atoms with Crippen molar-refractivity contribution in [1.29, 1.82) is 0 Å². The fourth-order valence-electron chi connectivity index (χ4n) is 1.49. The smallest absolute Gasteiger partial charge is 0.272 e. The number of hydrogen-bond acceptors (Lipinski definition) is 4. The van der Waals surface area contributed by atoms with E-state index in [0.717, 1.165) is 0 Å². The summed E-state index contributed by atoms with van der Waals surface area (Å²) in [6, 6.07) is 3.29. The number of amides is 1. The zero-order chi connectivity index (χ0) is 13.5. The number of aliphatic hydroxyl groups is 1. The van der Waals surface area contributed by atoms with E-state index in [9.17, 15) is 4.79 Å². The van der Waals surface area contributed by atoms with Gasteiger partial charge in [-0.15, -0.1) is 0 Å². The molecular formula is C12H17N3O2S. The molecule has 0 saturated heterocycles. The van der Waals surface area contributed by atoms with Gasteiger partial charge in [0.1, 0.15) is 10.7 Å². The van der Waals surface area contributed by atoms with Crippen molar-refractivity contribution in [1.82, 2.24) is 9.88 Å². The maximum absolute atomic E-state index is 12.1. The van der Waals surface area contributed by atoms with Gasteiger partial charge >= 0.3 is 0 Å². The minimum atomic E-state index is -0.152. The van der Waals surface area contributed by atoms with Crippen molar-refractivity contribution < 1.29 is 9.90 Å². The molecule has 0 aliphatic heterocycles. The summed E-state index contributed by atoms with van der Waals surface area (Å²) >= 11 is 4.82. The first-order chi connectivity index (χ1) is 8.60. The molecule has 3 N–H and O–H groups in total. The molecule has 0 bridgehead atoms. The Hall–Kier alpha value is -1.53. The molecule has 0 saturated carbocycles. The van der Waals surface area contributed by atoms with Crippen LogP contribution in [0.4, 0.5) is 0 Å². The molecular weight excluding hydrogens is 250 g/mol. The van der Waals surface area contributed by atoms with Gasteiger partial charge in [0.05, 0.1) is 0 Å². The second-order valence-corrected chi connectivity index (χ2v) is 4.20. The van der Waals surface area contributed by atoms with Crippen LogP contribution in [0.5, 0.6) is 0 Å². The third-order valence-corrected chi connectivity index (χ3v) is 2.76. The van der Waals surface area contributed by atoms with Crippen molar-refractivity contribution in [2.75, 3.05) is 19.7 Å². The van der Waals surface area contributed by atoms with Crippen LogP contribution in [0.2, 0.25) is 0 Å². The monoisotopic (exact) mass is 267 g/mol. The number of nitrogens with two attached hydrogens (primary N) is 1. The molecule has 1 rings (SSSR count). The van der Waals surface area contributed by atoms with Crippen molar-refractivity contribution >= 4 is 23.1 Å². The van der Waals surface area contributed by atoms with E-state index < -0.39 is 0 Å². The number of rotatable bonds is 6. The van der Waals surface area contributed by atoms with Crippen molar-refractivity contribution in [3.8, 4) is 0 Å². The Morgan fingerprint density at radius 2 is 2.28 bits per heavy atom. The molecule has 0 fully saturated rings. The lowest BCUT2D eigenvalue weighted by Gasteiger charge is -2.19. The number of thiocarbonyl (C=S) groups is 1. The van der Waals surface area contributed by atoms with Crippen molar-refractivity contribution in [2.24, 2.45) is 5.73 Å². The summed E-state index contributed by atoms with van der Waals surface area (Å²) in [5.74, 6) is -0.152. The number of pyridine rings is 1. The molecule has 5 nitrogen and oxygen atoms in total. The molecule has 0 aliphatic carbocycles. The maximum atomic E-state index is 12.1. The topological polar surface area (TPSA) is 79.5 Å². The summed E-state index contributed by atoms with van der Waals surface area (Å²) in [5, 5.41) is 8.78. The van der Waals surface area contributed by atoms with Crippen molar-refractivity contribution in [3.05, 3.63) is 29.6 Å². The third kappa shape index (κ3) is 3.75. The van der Waals surface area contributed by atoms with E-state index in [1.807, 2.05) is 6.92 Å². The van der Waals surface area contributed by atoms with Crippen molar-refractivity contribution in [2.45, 2.75) is 13.3 Å². The second kappa shape index (κ2) is 7.03. The average Bonchev–Trinajstić information content (AvgIpc) is 2.39. The third-order valence-electron chi connectivity index (χ3n) is 2.52. The summed E-state index contributed by atoms with van der Waals surface area (Å²) in [6.45, 7) is 3.05. The van der Waals surface area contributed by atoms with Gasteiger partial charge in [0.15, 0.2) is 0 Å². The van der Waals surface area contributed by atoms with Crippen LogP contribution in [0.1, 0.15) is 29.4 Å². The Labute approximate surface area is 112 Å². The SMILES string of the molecule is CCN(CCCO)C(=O)c1ccc(C(N)=S)cn1. The first-order valence-corrected chi connectivity index (χ1v) is 6.17. The molecule has 0 aliphatic rings. The summed E-state index contributed by atoms with van der Waals surface area (Å²) in [7, 11) is 0. The van der Waals surface area contributed by atoms with Gasteiger partial charge in [-0.05, 0) is 25.5 Å². The number of aromatic nitrogens is 1. The first kappa shape index (κ1) is 14.5. The van der Waals surface area contributed by atoms with E-state index in [2.05, 4.69) is 4.98 Å². The minimum absolute atomic E-state index is 0.0671. The fourth-order valence-corrected chi connectivity index (χ4v) is 1.61. The van der Waals surface area contributed by atoms with E-state index in [4.69, 9.17) is 23.1 Å². The van der Waals surface area contributed by atoms with Crippen molar-refractivity contribution in [3.63, 3.8) is 0 Å². The Balaban J connectivity index is 2.78. The molecule has 0 aromatic carbocycles. The van der Waals surface area contributed by atoms with Crippen LogP contribution in [0, 0.1) is 0 Å². The average molecular weight is 267 g/mol. The van der Waals surface area contributed by atoms with Gasteiger partial charge in [-0.25, -0.2) is 0 Å². The standard InChI is InChI=1S/C12H17N3O2S/c1-2-15(6-3-7-16)12(17)10-5-4-9(8-14-10)11(13)18/h4-5,8,16H,2-3,6-7H2,1H3,(H2,13,18). The van der Waals surface area contributed by atoms with Gasteiger partial charge in [-0.1, -0.05) is 12.2 Å².